The van der Waals surface area contributed by atoms with E-state index in [1.165, 1.54) is 24.0 Å². The molecule has 3 nitrogen and oxygen atoms in total. The number of amides is 1. The highest BCUT2D eigenvalue weighted by Gasteiger charge is 2.25. The molecule has 0 atom stereocenters. The highest BCUT2D eigenvalue weighted by molar-refractivity contribution is 5.78. The van der Waals surface area contributed by atoms with Gasteiger partial charge in [-0.1, -0.05) is 24.3 Å². The molecule has 1 saturated carbocycles. The lowest BCUT2D eigenvalue weighted by atomic mass is 10.0. The van der Waals surface area contributed by atoms with Crippen molar-refractivity contribution in [1.29, 1.82) is 0 Å². The van der Waals surface area contributed by atoms with Gasteiger partial charge in [-0.3, -0.25) is 4.79 Å². The highest BCUT2D eigenvalue weighted by Crippen LogP contribution is 2.41. The summed E-state index contributed by atoms with van der Waals surface area (Å²) in [6, 6.07) is 8.62. The molecule has 0 aromatic heterocycles. The first-order valence-corrected chi connectivity index (χ1v) is 7.41. The minimum atomic E-state index is 0.251. The van der Waals surface area contributed by atoms with E-state index in [4.69, 9.17) is 0 Å². The molecule has 1 N–H and O–H groups in total. The van der Waals surface area contributed by atoms with Gasteiger partial charge >= 0.3 is 0 Å². The summed E-state index contributed by atoms with van der Waals surface area (Å²) in [5, 5.41) is 3.31. The minimum absolute atomic E-state index is 0.251. The van der Waals surface area contributed by atoms with Crippen molar-refractivity contribution in [2.24, 2.45) is 0 Å². The van der Waals surface area contributed by atoms with Gasteiger partial charge in [0, 0.05) is 19.6 Å². The van der Waals surface area contributed by atoms with Crippen molar-refractivity contribution in [3.05, 3.63) is 35.4 Å². The van der Waals surface area contributed by atoms with Crippen LogP contribution in [0.2, 0.25) is 0 Å². The monoisotopic (exact) mass is 258 g/mol. The molecular weight excluding hydrogens is 236 g/mol. The van der Waals surface area contributed by atoms with E-state index in [0.29, 0.717) is 6.54 Å². The van der Waals surface area contributed by atoms with Crippen molar-refractivity contribution >= 4 is 5.91 Å². The zero-order valence-electron chi connectivity index (χ0n) is 11.4. The number of hydrogen-bond acceptors (Lipinski definition) is 2. The molecule has 1 heterocycles. The standard InChI is InChI=1S/C16H22N2O/c19-16(18-9-3-4-10-18)12-17-11-14-5-1-2-6-15(14)13-7-8-13/h1-2,5-6,13,17H,3-4,7-12H2. The molecule has 19 heavy (non-hydrogen) atoms. The van der Waals surface area contributed by atoms with Gasteiger partial charge < -0.3 is 10.2 Å². The third kappa shape index (κ3) is 3.16. The number of nitrogens with one attached hydrogen (secondary N) is 1. The summed E-state index contributed by atoms with van der Waals surface area (Å²) >= 11 is 0. The van der Waals surface area contributed by atoms with Crippen LogP contribution in [0.4, 0.5) is 0 Å². The molecule has 1 aromatic carbocycles. The van der Waals surface area contributed by atoms with Crippen LogP contribution < -0.4 is 5.32 Å². The molecule has 0 spiro atoms. The Bertz CT molecular complexity index is 448. The lowest BCUT2D eigenvalue weighted by Gasteiger charge is -2.16. The van der Waals surface area contributed by atoms with Crippen molar-refractivity contribution in [3.8, 4) is 0 Å². The van der Waals surface area contributed by atoms with E-state index in [0.717, 1.165) is 38.4 Å². The summed E-state index contributed by atoms with van der Waals surface area (Å²) in [6.07, 6.45) is 4.97. The predicted molar refractivity (Wildman–Crippen MR) is 75.9 cm³/mol. The summed E-state index contributed by atoms with van der Waals surface area (Å²) < 4.78 is 0. The maximum atomic E-state index is 11.9. The Labute approximate surface area is 115 Å². The fraction of sp³-hybridized carbons (Fsp3) is 0.562. The normalized spacial score (nSPS) is 18.8. The molecule has 3 rings (SSSR count). The molecule has 1 amide bonds. The third-order valence-electron chi connectivity index (χ3n) is 4.12. The van der Waals surface area contributed by atoms with Gasteiger partial charge in [0.05, 0.1) is 6.54 Å². The van der Waals surface area contributed by atoms with Crippen molar-refractivity contribution < 1.29 is 4.79 Å². The summed E-state index contributed by atoms with van der Waals surface area (Å²) in [6.45, 7) is 3.17. The van der Waals surface area contributed by atoms with E-state index in [1.807, 2.05) is 4.90 Å². The molecule has 0 unspecified atom stereocenters. The van der Waals surface area contributed by atoms with Crippen molar-refractivity contribution in [1.82, 2.24) is 10.2 Å². The van der Waals surface area contributed by atoms with E-state index in [2.05, 4.69) is 29.6 Å². The Balaban J connectivity index is 1.50. The molecular formula is C16H22N2O. The topological polar surface area (TPSA) is 32.3 Å². The molecule has 0 bridgehead atoms. The number of benzene rings is 1. The molecule has 1 aromatic rings. The Hall–Kier alpha value is -1.35. The maximum Gasteiger partial charge on any atom is 0.236 e. The van der Waals surface area contributed by atoms with Crippen LogP contribution in [0.3, 0.4) is 0 Å². The molecule has 0 radical (unpaired) electrons. The van der Waals surface area contributed by atoms with Crippen LogP contribution in [0, 0.1) is 0 Å². The number of carbonyl (C=O) groups is 1. The maximum absolute atomic E-state index is 11.9. The van der Waals surface area contributed by atoms with Crippen molar-refractivity contribution in [2.45, 2.75) is 38.1 Å². The van der Waals surface area contributed by atoms with Crippen LogP contribution in [0.25, 0.3) is 0 Å². The smallest absolute Gasteiger partial charge is 0.236 e. The summed E-state index contributed by atoms with van der Waals surface area (Å²) in [7, 11) is 0. The number of hydrogen-bond donors (Lipinski definition) is 1. The van der Waals surface area contributed by atoms with Crippen LogP contribution in [-0.4, -0.2) is 30.4 Å². The largest absolute Gasteiger partial charge is 0.342 e. The van der Waals surface area contributed by atoms with E-state index < -0.39 is 0 Å². The van der Waals surface area contributed by atoms with Gasteiger partial charge in [0.15, 0.2) is 0 Å². The van der Waals surface area contributed by atoms with Gasteiger partial charge in [-0.25, -0.2) is 0 Å². The Morgan fingerprint density at radius 3 is 2.68 bits per heavy atom. The van der Waals surface area contributed by atoms with Crippen LogP contribution >= 0.6 is 0 Å². The number of likely N-dealkylation sites (tertiary alicyclic amines) is 1. The molecule has 1 saturated heterocycles. The highest BCUT2D eigenvalue weighted by atomic mass is 16.2. The second-order valence-corrected chi connectivity index (χ2v) is 5.66. The summed E-state index contributed by atoms with van der Waals surface area (Å²) in [5.41, 5.74) is 2.84. The fourth-order valence-corrected chi connectivity index (χ4v) is 2.87. The first-order valence-electron chi connectivity index (χ1n) is 7.41. The summed E-state index contributed by atoms with van der Waals surface area (Å²) in [4.78, 5) is 13.9. The Morgan fingerprint density at radius 2 is 1.95 bits per heavy atom. The SMILES string of the molecule is O=C(CNCc1ccccc1C1CC1)N1CCCC1. The number of rotatable bonds is 5. The zero-order valence-corrected chi connectivity index (χ0v) is 11.4. The lowest BCUT2D eigenvalue weighted by molar-refractivity contribution is -0.129. The van der Waals surface area contributed by atoms with Crippen molar-refractivity contribution in [3.63, 3.8) is 0 Å². The van der Waals surface area contributed by atoms with Gasteiger partial charge in [0.25, 0.3) is 0 Å². The average Bonchev–Trinajstić information content (AvgIpc) is 3.13. The van der Waals surface area contributed by atoms with Crippen LogP contribution in [0.15, 0.2) is 24.3 Å². The van der Waals surface area contributed by atoms with E-state index >= 15 is 0 Å². The Kier molecular flexibility index (Phi) is 3.83. The molecule has 2 fully saturated rings. The molecule has 102 valence electrons. The second-order valence-electron chi connectivity index (χ2n) is 5.66. The third-order valence-corrected chi connectivity index (χ3v) is 4.12. The summed E-state index contributed by atoms with van der Waals surface area (Å²) in [5.74, 6) is 1.02. The van der Waals surface area contributed by atoms with E-state index in [1.54, 1.807) is 0 Å². The molecule has 3 heteroatoms. The van der Waals surface area contributed by atoms with Gasteiger partial charge in [0.1, 0.15) is 0 Å². The van der Waals surface area contributed by atoms with Gasteiger partial charge in [0.2, 0.25) is 5.91 Å². The molecule has 1 aliphatic heterocycles. The predicted octanol–water partition coefficient (Wildman–Crippen LogP) is 2.28. The van der Waals surface area contributed by atoms with E-state index in [9.17, 15) is 4.79 Å². The average molecular weight is 258 g/mol. The number of nitrogens with zero attached hydrogens (tertiary/aromatic N) is 1. The first-order chi connectivity index (χ1) is 9.34. The first kappa shape index (κ1) is 12.7. The zero-order chi connectivity index (χ0) is 13.1. The van der Waals surface area contributed by atoms with Gasteiger partial charge in [-0.05, 0) is 42.7 Å². The van der Waals surface area contributed by atoms with Crippen LogP contribution in [0.5, 0.6) is 0 Å². The lowest BCUT2D eigenvalue weighted by Crippen LogP contribution is -2.36. The van der Waals surface area contributed by atoms with E-state index in [-0.39, 0.29) is 5.91 Å². The van der Waals surface area contributed by atoms with Gasteiger partial charge in [-0.2, -0.15) is 0 Å². The quantitative estimate of drug-likeness (QED) is 0.878. The Morgan fingerprint density at radius 1 is 1.21 bits per heavy atom. The van der Waals surface area contributed by atoms with Crippen LogP contribution in [-0.2, 0) is 11.3 Å². The van der Waals surface area contributed by atoms with Crippen LogP contribution in [0.1, 0.15) is 42.7 Å². The molecule has 1 aliphatic carbocycles. The molecule has 2 aliphatic rings. The number of carbonyl (C=O) groups excluding carboxylic acids is 1. The van der Waals surface area contributed by atoms with Crippen molar-refractivity contribution in [2.75, 3.05) is 19.6 Å². The fourth-order valence-electron chi connectivity index (χ4n) is 2.87. The van der Waals surface area contributed by atoms with Gasteiger partial charge in [-0.15, -0.1) is 0 Å². The second kappa shape index (κ2) is 5.74. The minimum Gasteiger partial charge on any atom is -0.342 e.